The number of ether oxygens (including phenoxy) is 1. The lowest BCUT2D eigenvalue weighted by Gasteiger charge is -2.29. The van der Waals surface area contributed by atoms with Gasteiger partial charge in [-0.2, -0.15) is 0 Å². The average molecular weight is 608 g/mol. The van der Waals surface area contributed by atoms with Crippen molar-refractivity contribution in [3.8, 4) is 5.75 Å². The van der Waals surface area contributed by atoms with Crippen molar-refractivity contribution in [2.75, 3.05) is 13.1 Å². The average Bonchev–Trinajstić information content (AvgIpc) is 3.19. The summed E-state index contributed by atoms with van der Waals surface area (Å²) in [7, 11) is 0. The van der Waals surface area contributed by atoms with E-state index in [1.54, 1.807) is 41.3 Å². The number of thioether (sulfide) groups is 1. The molecule has 2 heterocycles. The van der Waals surface area contributed by atoms with Crippen LogP contribution in [0.1, 0.15) is 22.3 Å². The van der Waals surface area contributed by atoms with Crippen LogP contribution in [0.4, 0.5) is 10.5 Å². The molecule has 3 amide bonds. The minimum atomic E-state index is -0.531. The van der Waals surface area contributed by atoms with Crippen LogP contribution in [-0.2, 0) is 29.2 Å². The number of halogens is 1. The summed E-state index contributed by atoms with van der Waals surface area (Å²) in [5.74, 6) is -0.342. The molecule has 198 valence electrons. The monoisotopic (exact) mass is 607 g/mol. The zero-order chi connectivity index (χ0) is 27.5. The first-order valence-corrected chi connectivity index (χ1v) is 13.6. The molecule has 2 aliphatic heterocycles. The molecule has 0 bridgehead atoms. The van der Waals surface area contributed by atoms with Gasteiger partial charge in [-0.05, 0) is 71.3 Å². The quantitative estimate of drug-likeness (QED) is 0.196. The number of hydrogen-bond acceptors (Lipinski definition) is 7. The maximum absolute atomic E-state index is 13.1. The van der Waals surface area contributed by atoms with Gasteiger partial charge in [-0.15, -0.1) is 0 Å². The molecule has 2 aliphatic rings. The number of non-ortho nitro benzene ring substituents is 1. The Morgan fingerprint density at radius 1 is 1.08 bits per heavy atom. The Morgan fingerprint density at radius 3 is 2.56 bits per heavy atom. The number of carbonyl (C=O) groups is 3. The molecule has 0 unspecified atom stereocenters. The Balaban J connectivity index is 1.28. The first kappa shape index (κ1) is 26.6. The second-order valence-electron chi connectivity index (χ2n) is 9.00. The minimum absolute atomic E-state index is 0.0117. The summed E-state index contributed by atoms with van der Waals surface area (Å²) in [6, 6.07) is 19.2. The second-order valence-corrected chi connectivity index (χ2v) is 10.9. The molecule has 0 atom stereocenters. The van der Waals surface area contributed by atoms with E-state index < -0.39 is 16.1 Å². The van der Waals surface area contributed by atoms with Crippen LogP contribution in [-0.4, -0.2) is 44.9 Å². The summed E-state index contributed by atoms with van der Waals surface area (Å²) in [5.41, 5.74) is 3.56. The Morgan fingerprint density at radius 2 is 1.82 bits per heavy atom. The summed E-state index contributed by atoms with van der Waals surface area (Å²) in [6.45, 7) is 0.825. The number of carbonyl (C=O) groups excluding carboxylic acids is 3. The third kappa shape index (κ3) is 6.04. The van der Waals surface area contributed by atoms with Crippen molar-refractivity contribution in [3.05, 3.63) is 108 Å². The fourth-order valence-corrected chi connectivity index (χ4v) is 5.57. The van der Waals surface area contributed by atoms with Crippen molar-refractivity contribution < 1.29 is 24.0 Å². The van der Waals surface area contributed by atoms with E-state index in [0.29, 0.717) is 24.4 Å². The van der Waals surface area contributed by atoms with E-state index >= 15 is 0 Å². The van der Waals surface area contributed by atoms with Gasteiger partial charge < -0.3 is 9.64 Å². The maximum atomic E-state index is 13.1. The molecule has 0 N–H and O–H groups in total. The van der Waals surface area contributed by atoms with Gasteiger partial charge in [-0.1, -0.05) is 40.2 Å². The number of rotatable bonds is 7. The van der Waals surface area contributed by atoms with E-state index in [9.17, 15) is 24.5 Å². The summed E-state index contributed by atoms with van der Waals surface area (Å²) in [5, 5.41) is 10.4. The largest absolute Gasteiger partial charge is 0.488 e. The van der Waals surface area contributed by atoms with Gasteiger partial charge in [0.15, 0.2) is 0 Å². The normalized spacial score (nSPS) is 16.0. The lowest BCUT2D eigenvalue weighted by atomic mass is 10.00. The molecule has 3 aromatic carbocycles. The predicted octanol–water partition coefficient (Wildman–Crippen LogP) is 5.56. The predicted molar refractivity (Wildman–Crippen MR) is 150 cm³/mol. The zero-order valence-electron chi connectivity index (χ0n) is 20.5. The van der Waals surface area contributed by atoms with Crippen LogP contribution < -0.4 is 4.74 Å². The van der Waals surface area contributed by atoms with E-state index in [1.807, 2.05) is 24.3 Å². The number of fused-ring (bicyclic) bond motifs is 1. The zero-order valence-corrected chi connectivity index (χ0v) is 22.9. The Bertz CT molecular complexity index is 1510. The SMILES string of the molecule is O=C(CN1C(=O)S/C(=C\c2cc(Br)ccc2OCc2ccc([N+](=O)[O-])cc2)C1=O)N1CCc2ccccc2C1. The van der Waals surface area contributed by atoms with E-state index in [-0.39, 0.29) is 29.7 Å². The highest BCUT2D eigenvalue weighted by atomic mass is 79.9. The molecule has 5 rings (SSSR count). The van der Waals surface area contributed by atoms with Crippen LogP contribution in [0.5, 0.6) is 5.75 Å². The molecule has 0 saturated carbocycles. The molecule has 39 heavy (non-hydrogen) atoms. The van der Waals surface area contributed by atoms with Crippen molar-refractivity contribution in [1.29, 1.82) is 0 Å². The van der Waals surface area contributed by atoms with Crippen LogP contribution in [0.2, 0.25) is 0 Å². The van der Waals surface area contributed by atoms with Crippen LogP contribution in [0, 0.1) is 10.1 Å². The van der Waals surface area contributed by atoms with Gasteiger partial charge in [-0.3, -0.25) is 29.4 Å². The highest BCUT2D eigenvalue weighted by Gasteiger charge is 2.37. The Hall–Kier alpha value is -3.96. The number of hydrogen-bond donors (Lipinski definition) is 0. The smallest absolute Gasteiger partial charge is 0.294 e. The van der Waals surface area contributed by atoms with Crippen LogP contribution in [0.25, 0.3) is 6.08 Å². The van der Waals surface area contributed by atoms with Gasteiger partial charge in [0.05, 0.1) is 9.83 Å². The van der Waals surface area contributed by atoms with Gasteiger partial charge in [0.2, 0.25) is 5.91 Å². The Kier molecular flexibility index (Phi) is 7.80. The van der Waals surface area contributed by atoms with Gasteiger partial charge in [0, 0.05) is 35.3 Å². The highest BCUT2D eigenvalue weighted by molar-refractivity contribution is 9.10. The molecule has 1 fully saturated rings. The maximum Gasteiger partial charge on any atom is 0.294 e. The minimum Gasteiger partial charge on any atom is -0.488 e. The first-order valence-electron chi connectivity index (χ1n) is 12.0. The topological polar surface area (TPSA) is 110 Å². The molecular weight excluding hydrogens is 586 g/mol. The second kappa shape index (κ2) is 11.4. The third-order valence-electron chi connectivity index (χ3n) is 6.45. The number of benzene rings is 3. The van der Waals surface area contributed by atoms with Gasteiger partial charge >= 0.3 is 0 Å². The number of imide groups is 1. The van der Waals surface area contributed by atoms with Crippen molar-refractivity contribution in [2.45, 2.75) is 19.6 Å². The van der Waals surface area contributed by atoms with Crippen LogP contribution >= 0.6 is 27.7 Å². The van der Waals surface area contributed by atoms with Gasteiger partial charge in [0.25, 0.3) is 16.8 Å². The molecule has 0 aliphatic carbocycles. The van der Waals surface area contributed by atoms with Crippen molar-refractivity contribution in [2.24, 2.45) is 0 Å². The van der Waals surface area contributed by atoms with Crippen LogP contribution in [0.3, 0.4) is 0 Å². The van der Waals surface area contributed by atoms with E-state index in [1.165, 1.54) is 17.7 Å². The summed E-state index contributed by atoms with van der Waals surface area (Å²) < 4.78 is 6.68. The molecule has 0 radical (unpaired) electrons. The van der Waals surface area contributed by atoms with Crippen molar-refractivity contribution in [3.63, 3.8) is 0 Å². The lowest BCUT2D eigenvalue weighted by Crippen LogP contribution is -2.44. The molecule has 0 spiro atoms. The van der Waals surface area contributed by atoms with Crippen molar-refractivity contribution in [1.82, 2.24) is 9.80 Å². The summed E-state index contributed by atoms with van der Waals surface area (Å²) in [4.78, 5) is 52.1. The van der Waals surface area contributed by atoms with Gasteiger partial charge in [0.1, 0.15) is 18.9 Å². The van der Waals surface area contributed by atoms with E-state index in [0.717, 1.165) is 38.7 Å². The highest BCUT2D eigenvalue weighted by Crippen LogP contribution is 2.35. The molecule has 9 nitrogen and oxygen atoms in total. The first-order chi connectivity index (χ1) is 18.8. The molecule has 11 heteroatoms. The van der Waals surface area contributed by atoms with E-state index in [4.69, 9.17) is 4.74 Å². The molecule has 0 aromatic heterocycles. The number of amides is 3. The molecular formula is C28H22BrN3O6S. The van der Waals surface area contributed by atoms with Crippen molar-refractivity contribution >= 4 is 56.5 Å². The van der Waals surface area contributed by atoms with E-state index in [2.05, 4.69) is 15.9 Å². The molecule has 1 saturated heterocycles. The fraction of sp³-hybridized carbons (Fsp3) is 0.179. The molecule has 3 aromatic rings. The number of nitrogens with zero attached hydrogens (tertiary/aromatic N) is 3. The van der Waals surface area contributed by atoms with Gasteiger partial charge in [-0.25, -0.2) is 0 Å². The lowest BCUT2D eigenvalue weighted by molar-refractivity contribution is -0.384. The Labute approximate surface area is 236 Å². The standard InChI is InChI=1S/C28H22BrN3O6S/c29-22-7-10-24(38-17-18-5-8-23(9-6-18)32(36)37)21(13-22)14-25-27(34)31(28(35)39-25)16-26(33)30-12-11-19-3-1-2-4-20(19)15-30/h1-10,13-14H,11-12,15-17H2/b25-14-. The van der Waals surface area contributed by atoms with Crippen LogP contribution in [0.15, 0.2) is 76.1 Å². The third-order valence-corrected chi connectivity index (χ3v) is 7.85. The summed E-state index contributed by atoms with van der Waals surface area (Å²) in [6.07, 6.45) is 2.30. The number of nitro groups is 1. The number of nitro benzene ring substituents is 1. The summed E-state index contributed by atoms with van der Waals surface area (Å²) >= 11 is 4.20. The fourth-order valence-electron chi connectivity index (χ4n) is 4.36.